The Hall–Kier alpha value is -0.610. The number of esters is 1. The molecule has 0 aromatic heterocycles. The normalized spacial score (nSPS) is 41.4. The van der Waals surface area contributed by atoms with Crippen molar-refractivity contribution in [2.75, 3.05) is 14.2 Å². The smallest absolute Gasteiger partial charge is 0.305 e. The Morgan fingerprint density at radius 2 is 2.31 bits per heavy atom. The van der Waals surface area contributed by atoms with Gasteiger partial charge in [0, 0.05) is 13.0 Å². The number of rotatable bonds is 3. The summed E-state index contributed by atoms with van der Waals surface area (Å²) in [5.41, 5.74) is 0. The second-order valence-electron chi connectivity index (χ2n) is 3.62. The number of hydrogen-bond acceptors (Lipinski definition) is 4. The minimum Gasteiger partial charge on any atom is -0.469 e. The Labute approximate surface area is 77.1 Å². The molecule has 2 fully saturated rings. The van der Waals surface area contributed by atoms with Crippen molar-refractivity contribution >= 4 is 5.97 Å². The molecular weight excluding hydrogens is 172 g/mol. The first-order valence-corrected chi connectivity index (χ1v) is 4.51. The number of hydrogen-bond donors (Lipinski definition) is 0. The van der Waals surface area contributed by atoms with Crippen LogP contribution in [0.4, 0.5) is 0 Å². The quantitative estimate of drug-likeness (QED) is 0.604. The zero-order chi connectivity index (χ0) is 9.42. The van der Waals surface area contributed by atoms with Crippen LogP contribution in [-0.4, -0.2) is 32.6 Å². The maximum Gasteiger partial charge on any atom is 0.305 e. The Morgan fingerprint density at radius 1 is 1.54 bits per heavy atom. The summed E-state index contributed by atoms with van der Waals surface area (Å²) in [4.78, 5) is 11.1. The van der Waals surface area contributed by atoms with E-state index in [9.17, 15) is 4.79 Å². The first kappa shape index (κ1) is 8.97. The largest absolute Gasteiger partial charge is 0.469 e. The van der Waals surface area contributed by atoms with E-state index in [4.69, 9.17) is 9.47 Å². The average Bonchev–Trinajstić information content (AvgIpc) is 2.83. The van der Waals surface area contributed by atoms with Gasteiger partial charge in [-0.3, -0.25) is 4.79 Å². The lowest BCUT2D eigenvalue weighted by atomic mass is 10.0. The molecule has 0 bridgehead atoms. The van der Waals surface area contributed by atoms with Gasteiger partial charge in [0.1, 0.15) is 0 Å². The highest BCUT2D eigenvalue weighted by molar-refractivity contribution is 5.69. The van der Waals surface area contributed by atoms with Gasteiger partial charge in [-0.15, -0.1) is 0 Å². The fraction of sp³-hybridized carbons (Fsp3) is 0.889. The van der Waals surface area contributed by atoms with E-state index in [0.29, 0.717) is 18.4 Å². The molecule has 13 heavy (non-hydrogen) atoms. The third-order valence-corrected chi connectivity index (χ3v) is 2.85. The third kappa shape index (κ3) is 1.56. The molecule has 0 radical (unpaired) electrons. The van der Waals surface area contributed by atoms with Gasteiger partial charge in [0.2, 0.25) is 0 Å². The van der Waals surface area contributed by atoms with Crippen molar-refractivity contribution in [3.63, 3.8) is 0 Å². The lowest BCUT2D eigenvalue weighted by Gasteiger charge is -2.18. The van der Waals surface area contributed by atoms with Crippen LogP contribution in [0.25, 0.3) is 0 Å². The fourth-order valence-electron chi connectivity index (χ4n) is 2.03. The van der Waals surface area contributed by atoms with Gasteiger partial charge in [-0.05, 0) is 12.3 Å². The van der Waals surface area contributed by atoms with Crippen LogP contribution < -0.4 is 0 Å². The molecule has 1 heterocycles. The highest BCUT2D eigenvalue weighted by Gasteiger charge is 2.55. The molecule has 0 aromatic carbocycles. The molecular formula is C9H14O4. The number of ether oxygens (including phenoxy) is 3. The standard InChI is InChI=1S/C9H14O4/c1-11-8(10)4-6-5-3-7(5)13-9(6)12-2/h5-7,9H,3-4H2,1-2H3/t5-,6+,7-,9+/m1/s1. The van der Waals surface area contributed by atoms with Crippen molar-refractivity contribution in [1.82, 2.24) is 0 Å². The van der Waals surface area contributed by atoms with Crippen LogP contribution in [0.3, 0.4) is 0 Å². The van der Waals surface area contributed by atoms with Crippen LogP contribution in [0.5, 0.6) is 0 Å². The average molecular weight is 186 g/mol. The first-order valence-electron chi connectivity index (χ1n) is 4.51. The second-order valence-corrected chi connectivity index (χ2v) is 3.62. The highest BCUT2D eigenvalue weighted by Crippen LogP contribution is 2.51. The zero-order valence-electron chi connectivity index (χ0n) is 7.86. The highest BCUT2D eigenvalue weighted by atomic mass is 16.7. The van der Waals surface area contributed by atoms with Gasteiger partial charge in [-0.25, -0.2) is 0 Å². The molecule has 2 aliphatic rings. The van der Waals surface area contributed by atoms with E-state index in [1.54, 1.807) is 7.11 Å². The third-order valence-electron chi connectivity index (χ3n) is 2.85. The molecule has 2 rings (SSSR count). The lowest BCUT2D eigenvalue weighted by molar-refractivity contribution is -0.153. The Balaban J connectivity index is 1.92. The molecule has 74 valence electrons. The van der Waals surface area contributed by atoms with E-state index >= 15 is 0 Å². The lowest BCUT2D eigenvalue weighted by Crippen LogP contribution is -2.25. The van der Waals surface area contributed by atoms with Gasteiger partial charge >= 0.3 is 5.97 Å². The van der Waals surface area contributed by atoms with Gasteiger partial charge in [0.05, 0.1) is 19.6 Å². The summed E-state index contributed by atoms with van der Waals surface area (Å²) >= 11 is 0. The van der Waals surface area contributed by atoms with Crippen LogP contribution in [0.1, 0.15) is 12.8 Å². The van der Waals surface area contributed by atoms with Crippen molar-refractivity contribution in [2.24, 2.45) is 11.8 Å². The van der Waals surface area contributed by atoms with E-state index in [1.807, 2.05) is 0 Å². The van der Waals surface area contributed by atoms with Gasteiger partial charge in [0.25, 0.3) is 0 Å². The van der Waals surface area contributed by atoms with Crippen LogP contribution in [0.15, 0.2) is 0 Å². The van der Waals surface area contributed by atoms with Crippen molar-refractivity contribution < 1.29 is 19.0 Å². The maximum absolute atomic E-state index is 11.1. The minimum atomic E-state index is -0.206. The van der Waals surface area contributed by atoms with Crippen molar-refractivity contribution in [3.05, 3.63) is 0 Å². The van der Waals surface area contributed by atoms with Crippen molar-refractivity contribution in [2.45, 2.75) is 25.2 Å². The predicted molar refractivity (Wildman–Crippen MR) is 43.9 cm³/mol. The molecule has 0 aromatic rings. The number of methoxy groups -OCH3 is 2. The van der Waals surface area contributed by atoms with Crippen LogP contribution in [-0.2, 0) is 19.0 Å². The molecule has 1 aliphatic heterocycles. The molecule has 0 N–H and O–H groups in total. The molecule has 0 amide bonds. The van der Waals surface area contributed by atoms with Gasteiger partial charge in [-0.2, -0.15) is 0 Å². The summed E-state index contributed by atoms with van der Waals surface area (Å²) in [6.07, 6.45) is 1.61. The molecule has 4 heteroatoms. The molecule has 0 spiro atoms. The second kappa shape index (κ2) is 3.27. The van der Waals surface area contributed by atoms with E-state index in [2.05, 4.69) is 4.74 Å². The molecule has 4 atom stereocenters. The fourth-order valence-corrected chi connectivity index (χ4v) is 2.03. The summed E-state index contributed by atoms with van der Waals surface area (Å²) < 4.78 is 15.3. The van der Waals surface area contributed by atoms with Gasteiger partial charge in [0.15, 0.2) is 6.29 Å². The summed E-state index contributed by atoms with van der Waals surface area (Å²) in [5.74, 6) is 0.537. The number of carbonyl (C=O) groups excluding carboxylic acids is 1. The summed E-state index contributed by atoms with van der Waals surface area (Å²) in [6.45, 7) is 0. The number of fused-ring (bicyclic) bond motifs is 1. The Kier molecular flexibility index (Phi) is 2.26. The number of carbonyl (C=O) groups is 1. The van der Waals surface area contributed by atoms with Crippen molar-refractivity contribution in [1.29, 1.82) is 0 Å². The molecule has 0 unspecified atom stereocenters. The zero-order valence-corrected chi connectivity index (χ0v) is 7.86. The topological polar surface area (TPSA) is 44.8 Å². The molecule has 1 saturated carbocycles. The van der Waals surface area contributed by atoms with Crippen molar-refractivity contribution in [3.8, 4) is 0 Å². The van der Waals surface area contributed by atoms with E-state index in [0.717, 1.165) is 6.42 Å². The monoisotopic (exact) mass is 186 g/mol. The molecule has 1 aliphatic carbocycles. The molecule has 4 nitrogen and oxygen atoms in total. The molecule has 1 saturated heterocycles. The van der Waals surface area contributed by atoms with E-state index in [-0.39, 0.29) is 18.2 Å². The SMILES string of the molecule is COC(=O)C[C@@H]1[C@@H](OC)O[C@@H]2C[C@H]12. The first-order chi connectivity index (χ1) is 6.26. The predicted octanol–water partition coefficient (Wildman–Crippen LogP) is 0.557. The van der Waals surface area contributed by atoms with E-state index < -0.39 is 0 Å². The van der Waals surface area contributed by atoms with Crippen LogP contribution in [0.2, 0.25) is 0 Å². The van der Waals surface area contributed by atoms with Crippen LogP contribution >= 0.6 is 0 Å². The summed E-state index contributed by atoms with van der Waals surface area (Å²) in [6, 6.07) is 0. The van der Waals surface area contributed by atoms with Gasteiger partial charge < -0.3 is 14.2 Å². The van der Waals surface area contributed by atoms with E-state index in [1.165, 1.54) is 7.11 Å². The summed E-state index contributed by atoms with van der Waals surface area (Å²) in [5, 5.41) is 0. The Morgan fingerprint density at radius 3 is 2.92 bits per heavy atom. The minimum absolute atomic E-state index is 0.178. The van der Waals surface area contributed by atoms with Gasteiger partial charge in [-0.1, -0.05) is 0 Å². The Bertz CT molecular complexity index is 216. The van der Waals surface area contributed by atoms with Crippen LogP contribution in [0, 0.1) is 11.8 Å². The summed E-state index contributed by atoms with van der Waals surface area (Å²) in [7, 11) is 3.02. The maximum atomic E-state index is 11.1.